The standard InChI is InChI=1S/C18H21N3O4/c1-11(16(22)19-12-7-3-4-8-12)25-18(24)15-13-9-5-6-10-14(13)17(23)21(2)20-15/h5-6,9-12H,3-4,7-8H2,1-2H3,(H,19,22)/t11-/m1/s1. The number of ether oxygens (including phenoxy) is 1. The number of amides is 1. The van der Waals surface area contributed by atoms with Crippen molar-refractivity contribution < 1.29 is 14.3 Å². The van der Waals surface area contributed by atoms with E-state index < -0.39 is 12.1 Å². The van der Waals surface area contributed by atoms with E-state index in [9.17, 15) is 14.4 Å². The van der Waals surface area contributed by atoms with E-state index >= 15 is 0 Å². The molecule has 7 nitrogen and oxygen atoms in total. The molecule has 7 heteroatoms. The van der Waals surface area contributed by atoms with E-state index in [1.54, 1.807) is 24.3 Å². The van der Waals surface area contributed by atoms with E-state index in [0.29, 0.717) is 10.8 Å². The molecule has 0 saturated heterocycles. The summed E-state index contributed by atoms with van der Waals surface area (Å²) >= 11 is 0. The molecule has 25 heavy (non-hydrogen) atoms. The smallest absolute Gasteiger partial charge is 0.360 e. The highest BCUT2D eigenvalue weighted by atomic mass is 16.5. The van der Waals surface area contributed by atoms with Crippen LogP contribution in [0.5, 0.6) is 0 Å². The van der Waals surface area contributed by atoms with Crippen molar-refractivity contribution in [1.29, 1.82) is 0 Å². The zero-order chi connectivity index (χ0) is 18.0. The van der Waals surface area contributed by atoms with E-state index in [1.165, 1.54) is 14.0 Å². The molecule has 132 valence electrons. The van der Waals surface area contributed by atoms with Gasteiger partial charge in [-0.2, -0.15) is 5.10 Å². The lowest BCUT2D eigenvalue weighted by Crippen LogP contribution is -2.41. The summed E-state index contributed by atoms with van der Waals surface area (Å²) in [4.78, 5) is 36.8. The van der Waals surface area contributed by atoms with Crippen LogP contribution in [0, 0.1) is 0 Å². The van der Waals surface area contributed by atoms with Crippen molar-refractivity contribution in [2.45, 2.75) is 44.8 Å². The number of esters is 1. The van der Waals surface area contributed by atoms with Crippen LogP contribution in [0.4, 0.5) is 0 Å². The van der Waals surface area contributed by atoms with Gasteiger partial charge in [-0.25, -0.2) is 9.48 Å². The summed E-state index contributed by atoms with van der Waals surface area (Å²) in [5.41, 5.74) is -0.266. The van der Waals surface area contributed by atoms with Crippen molar-refractivity contribution >= 4 is 22.6 Å². The van der Waals surface area contributed by atoms with Gasteiger partial charge in [0.15, 0.2) is 11.8 Å². The van der Waals surface area contributed by atoms with Gasteiger partial charge in [-0.05, 0) is 25.8 Å². The summed E-state index contributed by atoms with van der Waals surface area (Å²) in [6.45, 7) is 1.53. The molecule has 1 aliphatic rings. The molecule has 1 fully saturated rings. The van der Waals surface area contributed by atoms with Gasteiger partial charge in [0, 0.05) is 18.5 Å². The Morgan fingerprint density at radius 2 is 1.88 bits per heavy atom. The first kappa shape index (κ1) is 17.1. The molecule has 1 aromatic carbocycles. The first-order valence-corrected chi connectivity index (χ1v) is 8.45. The second-order valence-electron chi connectivity index (χ2n) is 6.36. The molecule has 0 bridgehead atoms. The van der Waals surface area contributed by atoms with Crippen LogP contribution in [0.1, 0.15) is 43.1 Å². The van der Waals surface area contributed by atoms with E-state index in [1.807, 2.05) is 0 Å². The zero-order valence-corrected chi connectivity index (χ0v) is 14.3. The zero-order valence-electron chi connectivity index (χ0n) is 14.3. The molecule has 0 unspecified atom stereocenters. The first-order valence-electron chi connectivity index (χ1n) is 8.45. The van der Waals surface area contributed by atoms with E-state index in [4.69, 9.17) is 4.74 Å². The Bertz CT molecular complexity index is 868. The molecule has 1 amide bonds. The second-order valence-corrected chi connectivity index (χ2v) is 6.36. The molecule has 1 aliphatic carbocycles. The van der Waals surface area contributed by atoms with Gasteiger partial charge in [-0.3, -0.25) is 9.59 Å². The van der Waals surface area contributed by atoms with Gasteiger partial charge < -0.3 is 10.1 Å². The number of hydrogen-bond acceptors (Lipinski definition) is 5. The predicted molar refractivity (Wildman–Crippen MR) is 92.3 cm³/mol. The highest BCUT2D eigenvalue weighted by molar-refractivity contribution is 6.02. The Labute approximate surface area is 145 Å². The predicted octanol–water partition coefficient (Wildman–Crippen LogP) is 1.54. The van der Waals surface area contributed by atoms with E-state index in [2.05, 4.69) is 10.4 Å². The fourth-order valence-electron chi connectivity index (χ4n) is 3.11. The Hall–Kier alpha value is -2.70. The maximum absolute atomic E-state index is 12.5. The van der Waals surface area contributed by atoms with Crippen molar-refractivity contribution in [3.05, 3.63) is 40.3 Å². The van der Waals surface area contributed by atoms with E-state index in [-0.39, 0.29) is 23.2 Å². The van der Waals surface area contributed by atoms with Gasteiger partial charge in [-0.15, -0.1) is 0 Å². The summed E-state index contributed by atoms with van der Waals surface area (Å²) in [7, 11) is 1.47. The molecule has 1 atom stereocenters. The van der Waals surface area contributed by atoms with Gasteiger partial charge in [0.05, 0.1) is 5.39 Å². The maximum atomic E-state index is 12.5. The SMILES string of the molecule is C[C@@H](OC(=O)c1nn(C)c(=O)c2ccccc12)C(=O)NC1CCCC1. The normalized spacial score (nSPS) is 15.9. The topological polar surface area (TPSA) is 90.3 Å². The van der Waals surface area contributed by atoms with Crippen molar-refractivity contribution in [2.75, 3.05) is 0 Å². The van der Waals surface area contributed by atoms with Crippen LogP contribution in [-0.2, 0) is 16.6 Å². The molecular weight excluding hydrogens is 322 g/mol. The molecule has 1 saturated carbocycles. The summed E-state index contributed by atoms with van der Waals surface area (Å²) in [5, 5.41) is 7.72. The molecular formula is C18H21N3O4. The van der Waals surface area contributed by atoms with Crippen LogP contribution in [0.25, 0.3) is 10.8 Å². The molecule has 1 aromatic heterocycles. The largest absolute Gasteiger partial charge is 0.448 e. The van der Waals surface area contributed by atoms with Crippen LogP contribution >= 0.6 is 0 Å². The first-order chi connectivity index (χ1) is 12.0. The van der Waals surface area contributed by atoms with Crippen LogP contribution < -0.4 is 10.9 Å². The van der Waals surface area contributed by atoms with Gasteiger partial charge >= 0.3 is 5.97 Å². The monoisotopic (exact) mass is 343 g/mol. The fourth-order valence-corrected chi connectivity index (χ4v) is 3.11. The molecule has 0 radical (unpaired) electrons. The number of aromatic nitrogens is 2. The lowest BCUT2D eigenvalue weighted by molar-refractivity contribution is -0.129. The molecule has 0 aliphatic heterocycles. The Kier molecular flexibility index (Phi) is 4.83. The van der Waals surface area contributed by atoms with Crippen LogP contribution in [0.2, 0.25) is 0 Å². The molecule has 0 spiro atoms. The minimum absolute atomic E-state index is 0.0261. The van der Waals surface area contributed by atoms with E-state index in [0.717, 1.165) is 30.4 Å². The lowest BCUT2D eigenvalue weighted by atomic mass is 10.1. The minimum atomic E-state index is -0.925. The minimum Gasteiger partial charge on any atom is -0.448 e. The third kappa shape index (κ3) is 3.55. The quantitative estimate of drug-likeness (QED) is 0.851. The number of rotatable bonds is 4. The fraction of sp³-hybridized carbons (Fsp3) is 0.444. The van der Waals surface area contributed by atoms with Crippen LogP contribution in [0.15, 0.2) is 29.1 Å². The van der Waals surface area contributed by atoms with Gasteiger partial charge in [0.2, 0.25) is 0 Å². The molecule has 1 N–H and O–H groups in total. The average Bonchev–Trinajstić information content (AvgIpc) is 3.11. The molecule has 1 heterocycles. The third-order valence-electron chi connectivity index (χ3n) is 4.50. The maximum Gasteiger partial charge on any atom is 0.360 e. The number of benzene rings is 1. The number of nitrogens with one attached hydrogen (secondary N) is 1. The number of aryl methyl sites for hydroxylation is 1. The highest BCUT2D eigenvalue weighted by Gasteiger charge is 2.25. The third-order valence-corrected chi connectivity index (χ3v) is 4.50. The Balaban J connectivity index is 1.79. The number of nitrogens with zero attached hydrogens (tertiary/aromatic N) is 2. The van der Waals surface area contributed by atoms with Crippen molar-refractivity contribution in [1.82, 2.24) is 15.1 Å². The van der Waals surface area contributed by atoms with Gasteiger partial charge in [0.1, 0.15) is 0 Å². The van der Waals surface area contributed by atoms with Crippen LogP contribution in [0.3, 0.4) is 0 Å². The highest BCUT2D eigenvalue weighted by Crippen LogP contribution is 2.18. The van der Waals surface area contributed by atoms with Crippen molar-refractivity contribution in [3.8, 4) is 0 Å². The summed E-state index contributed by atoms with van der Waals surface area (Å²) in [6.07, 6.45) is 3.20. The summed E-state index contributed by atoms with van der Waals surface area (Å²) < 4.78 is 6.38. The summed E-state index contributed by atoms with van der Waals surface area (Å²) in [5.74, 6) is -1.03. The number of fused-ring (bicyclic) bond motifs is 1. The number of carbonyl (C=O) groups is 2. The van der Waals surface area contributed by atoms with Crippen LogP contribution in [-0.4, -0.2) is 33.8 Å². The van der Waals surface area contributed by atoms with Crippen molar-refractivity contribution in [2.24, 2.45) is 7.05 Å². The number of carbonyl (C=O) groups excluding carboxylic acids is 2. The lowest BCUT2D eigenvalue weighted by Gasteiger charge is -2.17. The Morgan fingerprint density at radius 3 is 2.56 bits per heavy atom. The molecule has 3 rings (SSSR count). The molecule has 2 aromatic rings. The second kappa shape index (κ2) is 7.04. The van der Waals surface area contributed by atoms with Gasteiger partial charge in [-0.1, -0.05) is 31.0 Å². The Morgan fingerprint density at radius 1 is 1.24 bits per heavy atom. The van der Waals surface area contributed by atoms with Crippen molar-refractivity contribution in [3.63, 3.8) is 0 Å². The summed E-state index contributed by atoms with van der Waals surface area (Å²) in [6, 6.07) is 6.87. The van der Waals surface area contributed by atoms with Gasteiger partial charge in [0.25, 0.3) is 11.5 Å². The number of hydrogen-bond donors (Lipinski definition) is 1. The average molecular weight is 343 g/mol.